The van der Waals surface area contributed by atoms with Gasteiger partial charge in [0, 0.05) is 5.25 Å². The molecule has 1 heterocycles. The maximum Gasteiger partial charge on any atom is 0.416 e. The van der Waals surface area contributed by atoms with Crippen molar-refractivity contribution in [3.05, 3.63) is 41.5 Å². The van der Waals surface area contributed by atoms with E-state index in [-0.39, 0.29) is 5.25 Å². The molecule has 0 aromatic heterocycles. The Labute approximate surface area is 127 Å². The minimum absolute atomic E-state index is 0.277. The number of benzene rings is 1. The lowest BCUT2D eigenvalue weighted by molar-refractivity contribution is -0.137. The van der Waals surface area contributed by atoms with Crippen molar-refractivity contribution in [2.24, 2.45) is 5.92 Å². The molecule has 0 radical (unpaired) electrons. The van der Waals surface area contributed by atoms with Crippen LogP contribution in [-0.4, -0.2) is 17.1 Å². The Kier molecular flexibility index (Phi) is 4.91. The van der Waals surface area contributed by atoms with Gasteiger partial charge >= 0.3 is 6.18 Å². The molecule has 1 aliphatic rings. The topological polar surface area (TPSA) is 9.23 Å². The van der Waals surface area contributed by atoms with E-state index in [9.17, 15) is 13.2 Å². The maximum atomic E-state index is 12.5. The molecule has 0 N–H and O–H groups in total. The first-order chi connectivity index (χ1) is 9.77. The predicted molar refractivity (Wildman–Crippen MR) is 80.7 cm³/mol. The van der Waals surface area contributed by atoms with Gasteiger partial charge in [0.15, 0.2) is 0 Å². The molecule has 5 heteroatoms. The van der Waals surface area contributed by atoms with Gasteiger partial charge in [-0.25, -0.2) is 0 Å². The minimum atomic E-state index is -4.30. The van der Waals surface area contributed by atoms with Crippen molar-refractivity contribution in [1.29, 1.82) is 0 Å². The van der Waals surface area contributed by atoms with Crippen LogP contribution in [0.1, 0.15) is 26.3 Å². The van der Waals surface area contributed by atoms with Crippen molar-refractivity contribution in [3.8, 4) is 5.75 Å². The predicted octanol–water partition coefficient (Wildman–Crippen LogP) is 5.17. The second kappa shape index (κ2) is 6.34. The highest BCUT2D eigenvalue weighted by atomic mass is 32.2. The lowest BCUT2D eigenvalue weighted by atomic mass is 10.1. The standard InChI is InChI=1S/C16H19F3OS/c1-10(2)14-8-11(3)15(21-14)9-20-13-6-4-12(5-7-13)16(17,18)19/h4-8,10,14-15H,9H2,1-3H3/t14-,15+/m1/s1. The van der Waals surface area contributed by atoms with Gasteiger partial charge in [0.1, 0.15) is 12.4 Å². The van der Waals surface area contributed by atoms with Crippen LogP contribution >= 0.6 is 11.8 Å². The van der Waals surface area contributed by atoms with Crippen LogP contribution in [-0.2, 0) is 6.18 Å². The fourth-order valence-corrected chi connectivity index (χ4v) is 3.56. The van der Waals surface area contributed by atoms with Gasteiger partial charge in [-0.2, -0.15) is 13.2 Å². The molecule has 21 heavy (non-hydrogen) atoms. The molecule has 2 atom stereocenters. The van der Waals surface area contributed by atoms with Crippen LogP contribution in [0.3, 0.4) is 0 Å². The average Bonchev–Trinajstić information content (AvgIpc) is 2.77. The third kappa shape index (κ3) is 4.19. The third-order valence-corrected chi connectivity index (χ3v) is 5.33. The highest BCUT2D eigenvalue weighted by molar-refractivity contribution is 8.01. The van der Waals surface area contributed by atoms with Gasteiger partial charge in [0.25, 0.3) is 0 Å². The van der Waals surface area contributed by atoms with Crippen LogP contribution < -0.4 is 4.74 Å². The van der Waals surface area contributed by atoms with E-state index < -0.39 is 11.7 Å². The first kappa shape index (κ1) is 16.3. The number of thioether (sulfide) groups is 1. The van der Waals surface area contributed by atoms with Crippen molar-refractivity contribution in [2.45, 2.75) is 37.4 Å². The van der Waals surface area contributed by atoms with Crippen molar-refractivity contribution in [1.82, 2.24) is 0 Å². The molecule has 0 unspecified atom stereocenters. The number of hydrogen-bond acceptors (Lipinski definition) is 2. The zero-order chi connectivity index (χ0) is 15.6. The summed E-state index contributed by atoms with van der Waals surface area (Å²) >= 11 is 1.86. The normalized spacial score (nSPS) is 22.5. The first-order valence-corrected chi connectivity index (χ1v) is 7.85. The van der Waals surface area contributed by atoms with Crippen LogP contribution in [0.2, 0.25) is 0 Å². The van der Waals surface area contributed by atoms with Crippen LogP contribution in [0.5, 0.6) is 5.75 Å². The number of alkyl halides is 3. The number of ether oxygens (including phenoxy) is 1. The Morgan fingerprint density at radius 3 is 2.29 bits per heavy atom. The molecule has 0 spiro atoms. The molecule has 116 valence electrons. The van der Waals surface area contributed by atoms with Gasteiger partial charge in [-0.3, -0.25) is 0 Å². The fraction of sp³-hybridized carbons (Fsp3) is 0.500. The van der Waals surface area contributed by atoms with Crippen LogP contribution in [0.25, 0.3) is 0 Å². The summed E-state index contributed by atoms with van der Waals surface area (Å²) in [4.78, 5) is 0. The molecule has 1 aromatic carbocycles. The summed E-state index contributed by atoms with van der Waals surface area (Å²) in [5.41, 5.74) is 0.631. The monoisotopic (exact) mass is 316 g/mol. The second-order valence-electron chi connectivity index (χ2n) is 5.58. The highest BCUT2D eigenvalue weighted by Crippen LogP contribution is 2.37. The quantitative estimate of drug-likeness (QED) is 0.709. The molecule has 0 aliphatic carbocycles. The average molecular weight is 316 g/mol. The van der Waals surface area contributed by atoms with Gasteiger partial charge in [0.05, 0.1) is 10.8 Å². The lowest BCUT2D eigenvalue weighted by Crippen LogP contribution is -2.15. The summed E-state index contributed by atoms with van der Waals surface area (Å²) in [6.45, 7) is 6.93. The molecule has 0 bridgehead atoms. The minimum Gasteiger partial charge on any atom is -0.492 e. The van der Waals surface area contributed by atoms with E-state index in [2.05, 4.69) is 26.8 Å². The Balaban J connectivity index is 1.91. The Bertz CT molecular complexity index is 505. The molecule has 2 rings (SSSR count). The van der Waals surface area contributed by atoms with Crippen LogP contribution in [0.15, 0.2) is 35.9 Å². The molecule has 1 aliphatic heterocycles. The van der Waals surface area contributed by atoms with Crippen LogP contribution in [0, 0.1) is 5.92 Å². The molecule has 0 saturated carbocycles. The molecule has 0 amide bonds. The summed E-state index contributed by atoms with van der Waals surface area (Å²) in [7, 11) is 0. The fourth-order valence-electron chi connectivity index (χ4n) is 2.14. The summed E-state index contributed by atoms with van der Waals surface area (Å²) in [5, 5.41) is 0.769. The molecule has 1 nitrogen and oxygen atoms in total. The third-order valence-electron chi connectivity index (χ3n) is 3.50. The summed E-state index contributed by atoms with van der Waals surface area (Å²) < 4.78 is 43.0. The van der Waals surface area contributed by atoms with Gasteiger partial charge < -0.3 is 4.74 Å². The van der Waals surface area contributed by atoms with Gasteiger partial charge in [-0.1, -0.05) is 25.5 Å². The van der Waals surface area contributed by atoms with E-state index in [0.717, 1.165) is 12.1 Å². The maximum absolute atomic E-state index is 12.5. The van der Waals surface area contributed by atoms with Gasteiger partial charge in [0.2, 0.25) is 0 Å². The molecular weight excluding hydrogens is 297 g/mol. The Hall–Kier alpha value is -1.10. The van der Waals surface area contributed by atoms with Crippen molar-refractivity contribution in [2.75, 3.05) is 6.61 Å². The molecule has 0 fully saturated rings. The SMILES string of the molecule is CC1=C[C@H](C(C)C)S[C@H]1COc1ccc(C(F)(F)F)cc1. The number of hydrogen-bond donors (Lipinski definition) is 0. The van der Waals surface area contributed by atoms with E-state index in [1.165, 1.54) is 17.7 Å². The highest BCUT2D eigenvalue weighted by Gasteiger charge is 2.30. The smallest absolute Gasteiger partial charge is 0.416 e. The first-order valence-electron chi connectivity index (χ1n) is 6.91. The Morgan fingerprint density at radius 1 is 1.19 bits per heavy atom. The van der Waals surface area contributed by atoms with Gasteiger partial charge in [-0.05, 0) is 37.1 Å². The molecular formula is C16H19F3OS. The van der Waals surface area contributed by atoms with E-state index >= 15 is 0 Å². The molecule has 0 saturated heterocycles. The zero-order valence-electron chi connectivity index (χ0n) is 12.3. The zero-order valence-corrected chi connectivity index (χ0v) is 13.1. The second-order valence-corrected chi connectivity index (χ2v) is 6.96. The van der Waals surface area contributed by atoms with E-state index in [4.69, 9.17) is 4.74 Å². The van der Waals surface area contributed by atoms with E-state index in [1.54, 1.807) is 0 Å². The largest absolute Gasteiger partial charge is 0.492 e. The van der Waals surface area contributed by atoms with E-state index in [1.807, 2.05) is 11.8 Å². The van der Waals surface area contributed by atoms with Crippen LogP contribution in [0.4, 0.5) is 13.2 Å². The lowest BCUT2D eigenvalue weighted by Gasteiger charge is -2.17. The Morgan fingerprint density at radius 2 is 1.81 bits per heavy atom. The number of halogens is 3. The number of rotatable bonds is 4. The van der Waals surface area contributed by atoms with Crippen molar-refractivity contribution < 1.29 is 17.9 Å². The van der Waals surface area contributed by atoms with Crippen molar-refractivity contribution >= 4 is 11.8 Å². The van der Waals surface area contributed by atoms with Gasteiger partial charge in [-0.15, -0.1) is 11.8 Å². The van der Waals surface area contributed by atoms with Crippen molar-refractivity contribution in [3.63, 3.8) is 0 Å². The molecule has 1 aromatic rings. The summed E-state index contributed by atoms with van der Waals surface area (Å²) in [6.07, 6.45) is -2.04. The summed E-state index contributed by atoms with van der Waals surface area (Å²) in [6, 6.07) is 4.86. The van der Waals surface area contributed by atoms with E-state index in [0.29, 0.717) is 23.5 Å². The summed E-state index contributed by atoms with van der Waals surface area (Å²) in [5.74, 6) is 1.05.